The van der Waals surface area contributed by atoms with Crippen molar-refractivity contribution >= 4 is 11.7 Å². The number of hydrogen-bond donors (Lipinski definition) is 1. The zero-order valence-electron chi connectivity index (χ0n) is 8.19. The Bertz CT molecular complexity index is 319. The molecular formula is C11H14NO2+. The van der Waals surface area contributed by atoms with Gasteiger partial charge in [0.25, 0.3) is 0 Å². The van der Waals surface area contributed by atoms with Gasteiger partial charge in [0, 0.05) is 5.56 Å². The van der Waals surface area contributed by atoms with E-state index in [9.17, 15) is 4.79 Å². The second-order valence-electron chi connectivity index (χ2n) is 2.87. The monoisotopic (exact) mass is 192 g/mol. The summed E-state index contributed by atoms with van der Waals surface area (Å²) in [5.41, 5.74) is 0.662. The first-order valence-electron chi connectivity index (χ1n) is 4.56. The normalized spacial score (nSPS) is 9.50. The average Bonchev–Trinajstić information content (AvgIpc) is 2.19. The van der Waals surface area contributed by atoms with Crippen molar-refractivity contribution in [3.8, 4) is 0 Å². The van der Waals surface area contributed by atoms with Crippen LogP contribution in [0, 0.1) is 0 Å². The number of ketones is 1. The van der Waals surface area contributed by atoms with Crippen LogP contribution >= 0.6 is 0 Å². The van der Waals surface area contributed by atoms with E-state index < -0.39 is 0 Å². The zero-order chi connectivity index (χ0) is 10.4. The maximum Gasteiger partial charge on any atom is 0.340 e. The number of ether oxygens (including phenoxy) is 1. The molecule has 0 spiro atoms. The Balaban J connectivity index is 2.55. The van der Waals surface area contributed by atoms with E-state index in [1.54, 1.807) is 12.1 Å². The van der Waals surface area contributed by atoms with Crippen molar-refractivity contribution in [2.45, 2.75) is 13.3 Å². The molecule has 0 saturated carbocycles. The Morgan fingerprint density at radius 1 is 1.36 bits per heavy atom. The lowest BCUT2D eigenvalue weighted by Gasteiger charge is -1.99. The number of rotatable bonds is 4. The minimum absolute atomic E-state index is 0.0171. The third-order valence-electron chi connectivity index (χ3n) is 1.76. The summed E-state index contributed by atoms with van der Waals surface area (Å²) in [4.78, 5) is 11.5. The molecule has 0 amide bonds. The van der Waals surface area contributed by atoms with Gasteiger partial charge >= 0.3 is 5.90 Å². The van der Waals surface area contributed by atoms with Crippen molar-refractivity contribution in [2.75, 3.05) is 6.61 Å². The van der Waals surface area contributed by atoms with Gasteiger partial charge in [0.05, 0.1) is 6.61 Å². The van der Waals surface area contributed by atoms with Crippen molar-refractivity contribution in [1.82, 2.24) is 0 Å². The number of nitrogens with two attached hydrogens (primary N) is 1. The topological polar surface area (TPSA) is 51.9 Å². The van der Waals surface area contributed by atoms with Crippen LogP contribution in [0.3, 0.4) is 0 Å². The van der Waals surface area contributed by atoms with E-state index in [0.29, 0.717) is 12.2 Å². The van der Waals surface area contributed by atoms with E-state index in [2.05, 4.69) is 0 Å². The zero-order valence-corrected chi connectivity index (χ0v) is 8.19. The van der Waals surface area contributed by atoms with E-state index in [-0.39, 0.29) is 18.1 Å². The Labute approximate surface area is 83.2 Å². The lowest BCUT2D eigenvalue weighted by molar-refractivity contribution is -0.141. The largest absolute Gasteiger partial charge is 0.448 e. The number of benzene rings is 1. The van der Waals surface area contributed by atoms with Gasteiger partial charge in [-0.2, -0.15) is 0 Å². The predicted molar refractivity (Wildman–Crippen MR) is 53.9 cm³/mol. The Hall–Kier alpha value is -1.64. The van der Waals surface area contributed by atoms with E-state index in [1.165, 1.54) is 0 Å². The smallest absolute Gasteiger partial charge is 0.340 e. The van der Waals surface area contributed by atoms with Crippen molar-refractivity contribution in [1.29, 1.82) is 0 Å². The molecular weight excluding hydrogens is 178 g/mol. The first-order valence-corrected chi connectivity index (χ1v) is 4.56. The molecule has 0 radical (unpaired) electrons. The minimum atomic E-state index is -0.0171. The van der Waals surface area contributed by atoms with Crippen molar-refractivity contribution in [3.05, 3.63) is 35.9 Å². The summed E-state index contributed by atoms with van der Waals surface area (Å²) in [6, 6.07) is 9.05. The Morgan fingerprint density at radius 2 is 2.00 bits per heavy atom. The third-order valence-corrected chi connectivity index (χ3v) is 1.76. The maximum absolute atomic E-state index is 11.5. The molecule has 1 aromatic carbocycles. The SMILES string of the molecule is CCOC(=[NH2+])CC(=O)c1ccccc1. The molecule has 2 N–H and O–H groups in total. The summed E-state index contributed by atoms with van der Waals surface area (Å²) in [6.07, 6.45) is 0.151. The van der Waals surface area contributed by atoms with Gasteiger partial charge in [-0.25, -0.2) is 5.41 Å². The minimum Gasteiger partial charge on any atom is -0.448 e. The fourth-order valence-corrected chi connectivity index (χ4v) is 1.12. The summed E-state index contributed by atoms with van der Waals surface area (Å²) < 4.78 is 5.01. The quantitative estimate of drug-likeness (QED) is 0.428. The van der Waals surface area contributed by atoms with Crippen LogP contribution in [-0.2, 0) is 4.74 Å². The molecule has 0 aliphatic rings. The van der Waals surface area contributed by atoms with Gasteiger partial charge < -0.3 is 4.74 Å². The molecule has 0 aliphatic carbocycles. The average molecular weight is 192 g/mol. The van der Waals surface area contributed by atoms with Crippen LogP contribution in [0.15, 0.2) is 30.3 Å². The molecule has 3 nitrogen and oxygen atoms in total. The first-order chi connectivity index (χ1) is 6.74. The molecule has 0 bridgehead atoms. The second kappa shape index (κ2) is 5.17. The fraction of sp³-hybridized carbons (Fsp3) is 0.273. The highest BCUT2D eigenvalue weighted by Crippen LogP contribution is 2.02. The fourth-order valence-electron chi connectivity index (χ4n) is 1.12. The van der Waals surface area contributed by atoms with Crippen molar-refractivity contribution < 1.29 is 14.9 Å². The molecule has 0 fully saturated rings. The van der Waals surface area contributed by atoms with Crippen LogP contribution in [0.5, 0.6) is 0 Å². The van der Waals surface area contributed by atoms with Gasteiger partial charge in [-0.3, -0.25) is 4.79 Å². The summed E-state index contributed by atoms with van der Waals surface area (Å²) in [7, 11) is 0. The highest BCUT2D eigenvalue weighted by Gasteiger charge is 2.12. The molecule has 74 valence electrons. The number of carbonyl (C=O) groups excluding carboxylic acids is 1. The molecule has 1 rings (SSSR count). The van der Waals surface area contributed by atoms with E-state index in [0.717, 1.165) is 0 Å². The van der Waals surface area contributed by atoms with Crippen molar-refractivity contribution in [2.24, 2.45) is 0 Å². The molecule has 0 saturated heterocycles. The van der Waals surface area contributed by atoms with Gasteiger partial charge in [-0.05, 0) is 6.92 Å². The molecule has 0 unspecified atom stereocenters. The van der Waals surface area contributed by atoms with E-state index in [1.807, 2.05) is 25.1 Å². The highest BCUT2D eigenvalue weighted by atomic mass is 16.5. The standard InChI is InChI=1S/C11H13NO2/c1-2-14-11(12)8-10(13)9-6-4-3-5-7-9/h3-7,12H,2,8H2,1H3/p+1. The van der Waals surface area contributed by atoms with Crippen LogP contribution in [0.1, 0.15) is 23.7 Å². The molecule has 0 aromatic heterocycles. The van der Waals surface area contributed by atoms with Crippen LogP contribution in [0.25, 0.3) is 0 Å². The number of hydrogen-bond acceptors (Lipinski definition) is 2. The van der Waals surface area contributed by atoms with E-state index in [4.69, 9.17) is 10.1 Å². The predicted octanol–water partition coefficient (Wildman–Crippen LogP) is 0.453. The molecule has 14 heavy (non-hydrogen) atoms. The van der Waals surface area contributed by atoms with Gasteiger partial charge in [0.15, 0.2) is 5.78 Å². The molecule has 0 atom stereocenters. The van der Waals surface area contributed by atoms with E-state index >= 15 is 0 Å². The highest BCUT2D eigenvalue weighted by molar-refractivity contribution is 6.05. The summed E-state index contributed by atoms with van der Waals surface area (Å²) in [6.45, 7) is 2.33. The lowest BCUT2D eigenvalue weighted by Crippen LogP contribution is -2.42. The molecule has 0 aliphatic heterocycles. The second-order valence-corrected chi connectivity index (χ2v) is 2.87. The number of carbonyl (C=O) groups is 1. The summed E-state index contributed by atoms with van der Waals surface area (Å²) in [5.74, 6) is 0.262. The van der Waals surface area contributed by atoms with Crippen molar-refractivity contribution in [3.63, 3.8) is 0 Å². The van der Waals surface area contributed by atoms with Gasteiger partial charge in [0.2, 0.25) is 0 Å². The first kappa shape index (κ1) is 10.4. The lowest BCUT2D eigenvalue weighted by atomic mass is 10.1. The molecule has 3 heteroatoms. The number of Topliss-reactive ketones (excluding diaryl/α,β-unsaturated/α-hetero) is 1. The maximum atomic E-state index is 11.5. The van der Waals surface area contributed by atoms with Crippen LogP contribution in [0.4, 0.5) is 0 Å². The van der Waals surface area contributed by atoms with Crippen LogP contribution < -0.4 is 5.41 Å². The van der Waals surface area contributed by atoms with Gasteiger partial charge in [-0.1, -0.05) is 30.3 Å². The molecule has 1 aromatic rings. The van der Waals surface area contributed by atoms with Gasteiger partial charge in [0.1, 0.15) is 6.42 Å². The summed E-state index contributed by atoms with van der Waals surface area (Å²) >= 11 is 0. The Kier molecular flexibility index (Phi) is 3.85. The molecule has 0 heterocycles. The summed E-state index contributed by atoms with van der Waals surface area (Å²) in [5, 5.41) is 5.50. The van der Waals surface area contributed by atoms with Crippen LogP contribution in [0.2, 0.25) is 0 Å². The van der Waals surface area contributed by atoms with Crippen LogP contribution in [-0.4, -0.2) is 18.3 Å². The van der Waals surface area contributed by atoms with Gasteiger partial charge in [-0.15, -0.1) is 0 Å². The Morgan fingerprint density at radius 3 is 2.57 bits per heavy atom. The third kappa shape index (κ3) is 3.01.